The molecule has 0 amide bonds. The fourth-order valence-electron chi connectivity index (χ4n) is 10.4. The van der Waals surface area contributed by atoms with E-state index < -0.39 is 0 Å². The summed E-state index contributed by atoms with van der Waals surface area (Å²) in [5.41, 5.74) is 23.8. The third kappa shape index (κ3) is 8.43. The Balaban J connectivity index is 1.22. The second-order valence-corrected chi connectivity index (χ2v) is 26.2. The summed E-state index contributed by atoms with van der Waals surface area (Å²) >= 11 is 1.81. The number of hydrogen-bond acceptors (Lipinski definition) is 4. The van der Waals surface area contributed by atoms with Gasteiger partial charge in [0.1, 0.15) is 5.01 Å². The zero-order valence-corrected chi connectivity index (χ0v) is 44.8. The number of aromatic nitrogens is 1. The molecule has 0 N–H and O–H groups in total. The van der Waals surface area contributed by atoms with Crippen LogP contribution in [0.25, 0.3) is 31.9 Å². The van der Waals surface area contributed by atoms with Gasteiger partial charge in [-0.1, -0.05) is 183 Å². The van der Waals surface area contributed by atoms with Crippen molar-refractivity contribution in [3.8, 4) is 21.7 Å². The van der Waals surface area contributed by atoms with E-state index in [-0.39, 0.29) is 33.8 Å². The highest BCUT2D eigenvalue weighted by Gasteiger charge is 2.44. The average Bonchev–Trinajstić information content (AvgIpc) is 3.69. The van der Waals surface area contributed by atoms with Gasteiger partial charge in [-0.2, -0.15) is 0 Å². The normalized spacial score (nSPS) is 14.0. The van der Waals surface area contributed by atoms with E-state index in [0.717, 1.165) is 16.1 Å². The summed E-state index contributed by atoms with van der Waals surface area (Å²) in [5.74, 6) is 0. The van der Waals surface area contributed by atoms with E-state index in [1.165, 1.54) is 99.7 Å². The number of thiazole rings is 1. The second kappa shape index (κ2) is 16.1. The van der Waals surface area contributed by atoms with Crippen LogP contribution in [0.15, 0.2) is 133 Å². The Morgan fingerprint density at radius 1 is 0.391 bits per heavy atom. The number of nitrogens with zero attached hydrogens (tertiary/aromatic N) is 3. The Morgan fingerprint density at radius 2 is 0.841 bits per heavy atom. The lowest BCUT2D eigenvalue weighted by Gasteiger charge is -2.45. The summed E-state index contributed by atoms with van der Waals surface area (Å²) in [6, 6.07) is 51.8. The first kappa shape index (κ1) is 46.8. The fourth-order valence-corrected chi connectivity index (χ4v) is 11.4. The predicted octanol–water partition coefficient (Wildman–Crippen LogP) is 16.5. The van der Waals surface area contributed by atoms with Crippen LogP contribution in [-0.2, 0) is 27.1 Å². The molecule has 0 atom stereocenters. The minimum Gasteiger partial charge on any atom is -0.311 e. The van der Waals surface area contributed by atoms with Gasteiger partial charge in [-0.15, -0.1) is 11.3 Å². The first-order valence-corrected chi connectivity index (χ1v) is 25.9. The summed E-state index contributed by atoms with van der Waals surface area (Å²) < 4.78 is 1.20. The van der Waals surface area contributed by atoms with E-state index in [9.17, 15) is 0 Å². The third-order valence-electron chi connectivity index (χ3n) is 14.7. The SMILES string of the molecule is Cc1cc2c3c(c1)N(c1cc(C(C)(C)C)cc(C(C)(C)C)c1)c1cc4nc(-c5ccc(-c6ccc(C(C)(C)C)cc6)cc5)sc4cc1B3c1cc(C(C)(C)C)ccc1N2c1ccc(C(C)(C)C)cc1. The zero-order chi connectivity index (χ0) is 49.3. The van der Waals surface area contributed by atoms with Crippen molar-refractivity contribution in [2.75, 3.05) is 9.80 Å². The molecule has 7 aromatic carbocycles. The third-order valence-corrected chi connectivity index (χ3v) is 15.8. The summed E-state index contributed by atoms with van der Waals surface area (Å²) in [7, 11) is 0. The molecule has 350 valence electrons. The van der Waals surface area contributed by atoms with Gasteiger partial charge in [-0.3, -0.25) is 0 Å². The zero-order valence-electron chi connectivity index (χ0n) is 44.0. The Hall–Kier alpha value is -5.91. The molecule has 0 unspecified atom stereocenters. The molecule has 5 heteroatoms. The van der Waals surface area contributed by atoms with Gasteiger partial charge >= 0.3 is 0 Å². The van der Waals surface area contributed by atoms with E-state index in [0.29, 0.717) is 0 Å². The fraction of sp³-hybridized carbons (Fsp3) is 0.328. The van der Waals surface area contributed by atoms with Gasteiger partial charge in [-0.25, -0.2) is 4.98 Å². The molecule has 1 aromatic heterocycles. The smallest absolute Gasteiger partial charge is 0.252 e. The van der Waals surface area contributed by atoms with Gasteiger partial charge in [0, 0.05) is 39.7 Å². The summed E-state index contributed by atoms with van der Waals surface area (Å²) in [4.78, 5) is 10.6. The van der Waals surface area contributed by atoms with Crippen LogP contribution in [0.2, 0.25) is 0 Å². The Labute approximate surface area is 417 Å². The molecule has 2 aliphatic heterocycles. The minimum atomic E-state index is -0.0549. The molecule has 10 rings (SSSR count). The molecule has 3 nitrogen and oxygen atoms in total. The van der Waals surface area contributed by atoms with Gasteiger partial charge in [0.05, 0.1) is 10.2 Å². The molecule has 0 saturated carbocycles. The summed E-state index contributed by atoms with van der Waals surface area (Å²) in [6.07, 6.45) is 0. The largest absolute Gasteiger partial charge is 0.311 e. The summed E-state index contributed by atoms with van der Waals surface area (Å²) in [5, 5.41) is 1.04. The van der Waals surface area contributed by atoms with Crippen molar-refractivity contribution in [3.63, 3.8) is 0 Å². The lowest BCUT2D eigenvalue weighted by Crippen LogP contribution is -2.61. The Morgan fingerprint density at radius 3 is 1.36 bits per heavy atom. The lowest BCUT2D eigenvalue weighted by atomic mass is 9.33. The Bertz CT molecular complexity index is 3250. The molecule has 0 aliphatic carbocycles. The molecular weight excluding hydrogens is 854 g/mol. The van der Waals surface area contributed by atoms with Crippen molar-refractivity contribution in [2.45, 2.75) is 138 Å². The Kier molecular flexibility index (Phi) is 10.9. The molecular formula is C64H70BN3S. The van der Waals surface area contributed by atoms with Crippen molar-refractivity contribution in [3.05, 3.63) is 167 Å². The quantitative estimate of drug-likeness (QED) is 0.164. The highest BCUT2D eigenvalue weighted by atomic mass is 32.1. The molecule has 69 heavy (non-hydrogen) atoms. The molecule has 0 fully saturated rings. The number of rotatable bonds is 4. The second-order valence-electron chi connectivity index (χ2n) is 25.2. The van der Waals surface area contributed by atoms with Gasteiger partial charge < -0.3 is 9.80 Å². The van der Waals surface area contributed by atoms with Crippen LogP contribution < -0.4 is 26.2 Å². The van der Waals surface area contributed by atoms with Gasteiger partial charge in [0.25, 0.3) is 6.71 Å². The average molecular weight is 924 g/mol. The molecule has 3 heterocycles. The van der Waals surface area contributed by atoms with E-state index in [1.54, 1.807) is 11.3 Å². The monoisotopic (exact) mass is 924 g/mol. The van der Waals surface area contributed by atoms with Crippen LogP contribution in [0.3, 0.4) is 0 Å². The van der Waals surface area contributed by atoms with Crippen LogP contribution >= 0.6 is 11.3 Å². The standard InChI is InChI=1S/C64H70BN3S/c1-39-31-55-58-56(32-39)68(49-34-46(63(11,12)13)33-47(35-49)64(14,15)16)54-38-52-57(69-59(66-52)42-19-17-40(18-20-42)41-21-23-43(24-22-41)60(2,3)4)37-51(54)65(58)50-36-45(62(8,9)10)27-30-53(50)67(55)48-28-25-44(26-29-48)61(5,6)7/h17-38H,1-16H3. The predicted molar refractivity (Wildman–Crippen MR) is 303 cm³/mol. The molecule has 0 bridgehead atoms. The minimum absolute atomic E-state index is 0.00367. The van der Waals surface area contributed by atoms with Crippen molar-refractivity contribution in [2.24, 2.45) is 0 Å². The number of aryl methyl sites for hydroxylation is 1. The molecule has 0 saturated heterocycles. The molecule has 8 aromatic rings. The van der Waals surface area contributed by atoms with Crippen LogP contribution in [0.1, 0.15) is 137 Å². The van der Waals surface area contributed by atoms with Gasteiger partial charge in [-0.05, 0) is 149 Å². The first-order chi connectivity index (χ1) is 32.2. The lowest BCUT2D eigenvalue weighted by molar-refractivity contribution is 0.568. The summed E-state index contributed by atoms with van der Waals surface area (Å²) in [6.45, 7) is 37.0. The number of hydrogen-bond donors (Lipinski definition) is 0. The molecule has 0 radical (unpaired) electrons. The van der Waals surface area contributed by atoms with Crippen LogP contribution in [-0.4, -0.2) is 11.7 Å². The van der Waals surface area contributed by atoms with Crippen LogP contribution in [0.4, 0.5) is 34.1 Å². The van der Waals surface area contributed by atoms with E-state index >= 15 is 0 Å². The topological polar surface area (TPSA) is 19.4 Å². The number of fused-ring (bicyclic) bond motifs is 5. The number of anilines is 6. The molecule has 0 spiro atoms. The number of benzene rings is 7. The van der Waals surface area contributed by atoms with Gasteiger partial charge in [0.15, 0.2) is 0 Å². The van der Waals surface area contributed by atoms with Crippen LogP contribution in [0.5, 0.6) is 0 Å². The maximum Gasteiger partial charge on any atom is 0.252 e. The van der Waals surface area contributed by atoms with Crippen LogP contribution in [0, 0.1) is 6.92 Å². The van der Waals surface area contributed by atoms with Crippen molar-refractivity contribution in [1.82, 2.24) is 4.98 Å². The van der Waals surface area contributed by atoms with Gasteiger partial charge in [0.2, 0.25) is 0 Å². The first-order valence-electron chi connectivity index (χ1n) is 25.1. The van der Waals surface area contributed by atoms with E-state index in [4.69, 9.17) is 4.98 Å². The van der Waals surface area contributed by atoms with Crippen molar-refractivity contribution >= 4 is 78.8 Å². The van der Waals surface area contributed by atoms with Crippen molar-refractivity contribution in [1.29, 1.82) is 0 Å². The van der Waals surface area contributed by atoms with Crippen molar-refractivity contribution < 1.29 is 0 Å². The highest BCUT2D eigenvalue weighted by molar-refractivity contribution is 7.21. The van der Waals surface area contributed by atoms with E-state index in [1.807, 2.05) is 0 Å². The molecule has 2 aliphatic rings. The highest BCUT2D eigenvalue weighted by Crippen LogP contribution is 2.48. The van der Waals surface area contributed by atoms with E-state index in [2.05, 4.69) is 254 Å². The maximum atomic E-state index is 5.48. The maximum absolute atomic E-state index is 5.48.